The summed E-state index contributed by atoms with van der Waals surface area (Å²) in [4.78, 5) is 7.55. The molecule has 0 bridgehead atoms. The fourth-order valence-corrected chi connectivity index (χ4v) is 0.393. The molecule has 1 aromatic heterocycles. The highest BCUT2D eigenvalue weighted by atomic mass is 14.8. The van der Waals surface area contributed by atoms with Gasteiger partial charge in [-0.25, -0.2) is 0 Å². The van der Waals surface area contributed by atoms with Gasteiger partial charge in [-0.05, 0) is 13.8 Å². The van der Waals surface area contributed by atoms with Gasteiger partial charge in [0.05, 0.1) is 11.4 Å². The van der Waals surface area contributed by atoms with Crippen molar-refractivity contribution in [3.63, 3.8) is 0 Å². The van der Waals surface area contributed by atoms with Crippen molar-refractivity contribution in [2.45, 2.75) is 13.8 Å². The van der Waals surface area contributed by atoms with Crippen LogP contribution in [-0.4, -0.2) is 9.97 Å². The van der Waals surface area contributed by atoms with E-state index in [2.05, 4.69) is 9.97 Å². The summed E-state index contributed by atoms with van der Waals surface area (Å²) in [5.74, 6) is 0. The highest BCUT2D eigenvalue weighted by Crippen LogP contribution is 1.88. The van der Waals surface area contributed by atoms with E-state index in [1.165, 1.54) is 12.4 Å². The summed E-state index contributed by atoms with van der Waals surface area (Å²) in [5.41, 5.74) is 0.765. The molecule has 2 heteroatoms. The number of rotatable bonds is 0. The smallest absolute Gasteiger partial charge is 0.0555 e. The summed E-state index contributed by atoms with van der Waals surface area (Å²) >= 11 is 0. The first-order valence-electron chi connectivity index (χ1n) is 3.79. The van der Waals surface area contributed by atoms with E-state index >= 15 is 0 Å². The topological polar surface area (TPSA) is 25.8 Å². The van der Waals surface area contributed by atoms with Gasteiger partial charge in [-0.1, -0.05) is 0 Å². The van der Waals surface area contributed by atoms with Crippen LogP contribution in [0.2, 0.25) is 0 Å². The van der Waals surface area contributed by atoms with Crippen molar-refractivity contribution in [1.82, 2.24) is 9.97 Å². The minimum atomic E-state index is -2.14. The zero-order chi connectivity index (χ0) is 8.48. The summed E-state index contributed by atoms with van der Waals surface area (Å²) < 4.78 is 20.9. The van der Waals surface area contributed by atoms with Crippen LogP contribution in [-0.2, 0) is 0 Å². The van der Waals surface area contributed by atoms with E-state index in [9.17, 15) is 0 Å². The molecule has 1 rings (SSSR count). The number of hydrogen-bond donors (Lipinski definition) is 0. The van der Waals surface area contributed by atoms with E-state index in [1.54, 1.807) is 6.92 Å². The number of nitrogens with zero attached hydrogens (tertiary/aromatic N) is 2. The molecule has 1 aromatic rings. The fraction of sp³-hybridized carbons (Fsp3) is 0.333. The molecule has 0 saturated carbocycles. The van der Waals surface area contributed by atoms with Gasteiger partial charge in [-0.3, -0.25) is 9.97 Å². The molecule has 2 nitrogen and oxygen atoms in total. The third-order valence-corrected chi connectivity index (χ3v) is 0.781. The van der Waals surface area contributed by atoms with E-state index < -0.39 is 6.85 Å². The van der Waals surface area contributed by atoms with Crippen molar-refractivity contribution in [1.29, 1.82) is 0 Å². The standard InChI is InChI=1S/C6H8N2/c1-5-3-8-6(2)4-7-5/h3-4H,1-2H3/i1D3. The Balaban J connectivity index is 2.99. The van der Waals surface area contributed by atoms with Crippen LogP contribution in [0, 0.1) is 13.8 Å². The Hall–Kier alpha value is -0.920. The Kier molecular flexibility index (Phi) is 0.613. The van der Waals surface area contributed by atoms with Crippen molar-refractivity contribution >= 4 is 0 Å². The molecule has 1 heterocycles. The molecule has 42 valence electrons. The van der Waals surface area contributed by atoms with Gasteiger partial charge < -0.3 is 0 Å². The predicted molar refractivity (Wildman–Crippen MR) is 31.5 cm³/mol. The minimum Gasteiger partial charge on any atom is -0.258 e. The Morgan fingerprint density at radius 1 is 1.38 bits per heavy atom. The number of aryl methyl sites for hydroxylation is 2. The maximum atomic E-state index is 6.97. The molecule has 0 aliphatic carbocycles. The summed E-state index contributed by atoms with van der Waals surface area (Å²) in [6.45, 7) is -0.378. The van der Waals surface area contributed by atoms with Crippen LogP contribution in [0.3, 0.4) is 0 Å². The number of hydrogen-bond acceptors (Lipinski definition) is 2. The van der Waals surface area contributed by atoms with Crippen LogP contribution >= 0.6 is 0 Å². The molecule has 0 fully saturated rings. The first-order chi connectivity index (χ1) is 5.00. The van der Waals surface area contributed by atoms with Crippen LogP contribution < -0.4 is 0 Å². The van der Waals surface area contributed by atoms with E-state index in [0.29, 0.717) is 0 Å². The molecule has 0 amide bonds. The lowest BCUT2D eigenvalue weighted by molar-refractivity contribution is 1.06. The zero-order valence-corrected chi connectivity index (χ0v) is 4.55. The molecule has 0 N–H and O–H groups in total. The largest absolute Gasteiger partial charge is 0.258 e. The molecule has 0 aliphatic heterocycles. The van der Waals surface area contributed by atoms with Crippen LogP contribution in [0.1, 0.15) is 15.5 Å². The lowest BCUT2D eigenvalue weighted by Crippen LogP contribution is -1.84. The second-order valence-electron chi connectivity index (χ2n) is 1.54. The van der Waals surface area contributed by atoms with Gasteiger partial charge in [-0.2, -0.15) is 0 Å². The third kappa shape index (κ3) is 1.03. The van der Waals surface area contributed by atoms with Gasteiger partial charge >= 0.3 is 0 Å². The van der Waals surface area contributed by atoms with E-state index in [4.69, 9.17) is 4.11 Å². The number of aromatic nitrogens is 2. The van der Waals surface area contributed by atoms with Crippen LogP contribution in [0.5, 0.6) is 0 Å². The van der Waals surface area contributed by atoms with Crippen LogP contribution in [0.15, 0.2) is 12.4 Å². The third-order valence-electron chi connectivity index (χ3n) is 0.781. The van der Waals surface area contributed by atoms with E-state index in [1.807, 2.05) is 0 Å². The monoisotopic (exact) mass is 111 g/mol. The second-order valence-corrected chi connectivity index (χ2v) is 1.54. The Labute approximate surface area is 52.8 Å². The van der Waals surface area contributed by atoms with Crippen LogP contribution in [0.25, 0.3) is 0 Å². The summed E-state index contributed by atoms with van der Waals surface area (Å²) in [7, 11) is 0. The molecular weight excluding hydrogens is 100 g/mol. The van der Waals surface area contributed by atoms with Crippen molar-refractivity contribution in [2.24, 2.45) is 0 Å². The average Bonchev–Trinajstić information content (AvgIpc) is 1.86. The second kappa shape index (κ2) is 1.90. The molecule has 0 spiro atoms. The quantitative estimate of drug-likeness (QED) is 0.501. The molecule has 0 saturated heterocycles. The summed E-state index contributed by atoms with van der Waals surface area (Å²) in [6.07, 6.45) is 2.73. The van der Waals surface area contributed by atoms with Gasteiger partial charge in [0.15, 0.2) is 0 Å². The molecule has 0 radical (unpaired) electrons. The molecule has 0 aromatic carbocycles. The minimum absolute atomic E-state index is 0.0445. The Morgan fingerprint density at radius 3 is 2.50 bits per heavy atom. The van der Waals surface area contributed by atoms with Gasteiger partial charge in [0, 0.05) is 16.5 Å². The maximum Gasteiger partial charge on any atom is 0.0555 e. The Bertz CT molecular complexity index is 239. The molecule has 0 atom stereocenters. The summed E-state index contributed by atoms with van der Waals surface area (Å²) in [5, 5.41) is 0. The van der Waals surface area contributed by atoms with Gasteiger partial charge in [0.1, 0.15) is 0 Å². The zero-order valence-electron chi connectivity index (χ0n) is 7.55. The van der Waals surface area contributed by atoms with Crippen molar-refractivity contribution in [3.05, 3.63) is 23.8 Å². The van der Waals surface area contributed by atoms with E-state index in [0.717, 1.165) is 5.69 Å². The lowest BCUT2D eigenvalue weighted by atomic mass is 10.5. The normalized spacial score (nSPS) is 16.4. The Morgan fingerprint density at radius 2 is 2.00 bits per heavy atom. The molecule has 8 heavy (non-hydrogen) atoms. The van der Waals surface area contributed by atoms with Gasteiger partial charge in [0.25, 0.3) is 0 Å². The molecule has 0 unspecified atom stereocenters. The molecular formula is C6H8N2. The first-order valence-corrected chi connectivity index (χ1v) is 2.29. The predicted octanol–water partition coefficient (Wildman–Crippen LogP) is 1.09. The maximum absolute atomic E-state index is 6.97. The molecule has 0 aliphatic rings. The van der Waals surface area contributed by atoms with Crippen LogP contribution in [0.4, 0.5) is 0 Å². The summed E-state index contributed by atoms with van der Waals surface area (Å²) in [6, 6.07) is 0. The highest BCUT2D eigenvalue weighted by Gasteiger charge is 1.82. The average molecular weight is 111 g/mol. The van der Waals surface area contributed by atoms with E-state index in [-0.39, 0.29) is 5.69 Å². The van der Waals surface area contributed by atoms with Gasteiger partial charge in [-0.15, -0.1) is 0 Å². The highest BCUT2D eigenvalue weighted by molar-refractivity contribution is 4.97. The van der Waals surface area contributed by atoms with Crippen molar-refractivity contribution in [3.8, 4) is 0 Å². The fourth-order valence-electron chi connectivity index (χ4n) is 0.393. The van der Waals surface area contributed by atoms with Gasteiger partial charge in [0.2, 0.25) is 0 Å². The van der Waals surface area contributed by atoms with Crippen molar-refractivity contribution < 1.29 is 4.11 Å². The first kappa shape index (κ1) is 2.58. The van der Waals surface area contributed by atoms with Crippen molar-refractivity contribution in [2.75, 3.05) is 0 Å². The SMILES string of the molecule is [2H]C([2H])([2H])c1cnc(C)cn1. The lowest BCUT2D eigenvalue weighted by Gasteiger charge is -1.88.